The van der Waals surface area contributed by atoms with Gasteiger partial charge in [-0.15, -0.1) is 0 Å². The molecule has 1 aromatic carbocycles. The highest BCUT2D eigenvalue weighted by Crippen LogP contribution is 2.27. The molecule has 1 aliphatic rings. The second kappa shape index (κ2) is 5.43. The van der Waals surface area contributed by atoms with Gasteiger partial charge < -0.3 is 4.90 Å². The fourth-order valence-electron chi connectivity index (χ4n) is 2.37. The molecule has 1 fully saturated rings. The number of hydrogen-bond donors (Lipinski definition) is 1. The van der Waals surface area contributed by atoms with Crippen molar-refractivity contribution in [3.05, 3.63) is 35.4 Å². The number of likely N-dealkylation sites (tertiary alicyclic amines) is 1. The van der Waals surface area contributed by atoms with E-state index in [1.54, 1.807) is 0 Å². The zero-order valence-electron chi connectivity index (χ0n) is 9.86. The second-order valence-electron chi connectivity index (χ2n) is 4.63. The van der Waals surface area contributed by atoms with Crippen molar-refractivity contribution in [1.29, 1.82) is 0 Å². The van der Waals surface area contributed by atoms with E-state index in [-0.39, 0.29) is 0 Å². The summed E-state index contributed by atoms with van der Waals surface area (Å²) in [7, 11) is 2.19. The molecule has 1 aliphatic heterocycles. The molecule has 1 saturated heterocycles. The van der Waals surface area contributed by atoms with Gasteiger partial charge in [-0.1, -0.05) is 24.3 Å². The lowest BCUT2D eigenvalue weighted by atomic mass is 9.89. The van der Waals surface area contributed by atoms with E-state index in [2.05, 4.69) is 41.1 Å². The van der Waals surface area contributed by atoms with Crippen LogP contribution in [0.3, 0.4) is 0 Å². The average Bonchev–Trinajstić information content (AvgIpc) is 2.31. The van der Waals surface area contributed by atoms with E-state index in [0.29, 0.717) is 12.5 Å². The van der Waals surface area contributed by atoms with Gasteiger partial charge in [0.05, 0.1) is 6.61 Å². The van der Waals surface area contributed by atoms with Crippen LogP contribution in [0.2, 0.25) is 0 Å². The molecule has 2 N–H and O–H groups in total. The number of nitrogens with two attached hydrogens (primary N) is 1. The number of benzene rings is 1. The largest absolute Gasteiger partial charge is 0.306 e. The van der Waals surface area contributed by atoms with Crippen LogP contribution in [-0.2, 0) is 11.4 Å². The summed E-state index contributed by atoms with van der Waals surface area (Å²) in [6.07, 6.45) is 2.51. The Kier molecular flexibility index (Phi) is 3.93. The van der Waals surface area contributed by atoms with Crippen molar-refractivity contribution < 1.29 is 4.84 Å². The van der Waals surface area contributed by atoms with E-state index in [0.717, 1.165) is 0 Å². The van der Waals surface area contributed by atoms with E-state index in [4.69, 9.17) is 5.90 Å². The van der Waals surface area contributed by atoms with Crippen LogP contribution in [0.1, 0.15) is 29.9 Å². The van der Waals surface area contributed by atoms with E-state index >= 15 is 0 Å². The minimum Gasteiger partial charge on any atom is -0.306 e. The lowest BCUT2D eigenvalue weighted by Gasteiger charge is -2.29. The van der Waals surface area contributed by atoms with Crippen molar-refractivity contribution >= 4 is 0 Å². The molecule has 0 unspecified atom stereocenters. The molecule has 3 nitrogen and oxygen atoms in total. The standard InChI is InChI=1S/C13H20N2O/c1-15-7-5-12(6-8-15)13-4-2-3-11(9-13)10-16-14/h2-4,9,12H,5-8,10,14H2,1H3. The summed E-state index contributed by atoms with van der Waals surface area (Å²) >= 11 is 0. The van der Waals surface area contributed by atoms with Gasteiger partial charge in [0.25, 0.3) is 0 Å². The summed E-state index contributed by atoms with van der Waals surface area (Å²) in [5.74, 6) is 5.80. The van der Waals surface area contributed by atoms with Gasteiger partial charge in [-0.2, -0.15) is 0 Å². The molecular weight excluding hydrogens is 200 g/mol. The normalized spacial score (nSPS) is 18.9. The van der Waals surface area contributed by atoms with Crippen molar-refractivity contribution in [1.82, 2.24) is 4.90 Å². The first kappa shape index (κ1) is 11.6. The summed E-state index contributed by atoms with van der Waals surface area (Å²) in [6, 6.07) is 8.60. The van der Waals surface area contributed by atoms with Gasteiger partial charge in [-0.05, 0) is 50.0 Å². The maximum atomic E-state index is 5.10. The quantitative estimate of drug-likeness (QED) is 0.790. The fraction of sp³-hybridized carbons (Fsp3) is 0.538. The van der Waals surface area contributed by atoms with Crippen molar-refractivity contribution in [3.8, 4) is 0 Å². The van der Waals surface area contributed by atoms with E-state index in [9.17, 15) is 0 Å². The number of nitrogens with zero attached hydrogens (tertiary/aromatic N) is 1. The summed E-state index contributed by atoms with van der Waals surface area (Å²) in [4.78, 5) is 7.07. The van der Waals surface area contributed by atoms with Crippen LogP contribution in [0.15, 0.2) is 24.3 Å². The first-order valence-corrected chi connectivity index (χ1v) is 5.88. The smallest absolute Gasteiger partial charge is 0.0930 e. The van der Waals surface area contributed by atoms with Gasteiger partial charge in [0.1, 0.15) is 0 Å². The maximum absolute atomic E-state index is 5.10. The summed E-state index contributed by atoms with van der Waals surface area (Å²) in [5, 5.41) is 0. The zero-order valence-corrected chi connectivity index (χ0v) is 9.86. The van der Waals surface area contributed by atoms with Crippen LogP contribution in [-0.4, -0.2) is 25.0 Å². The third kappa shape index (κ3) is 2.82. The van der Waals surface area contributed by atoms with Crippen molar-refractivity contribution in [3.63, 3.8) is 0 Å². The van der Waals surface area contributed by atoms with Crippen molar-refractivity contribution in [2.24, 2.45) is 5.90 Å². The van der Waals surface area contributed by atoms with Gasteiger partial charge in [0, 0.05) is 0 Å². The topological polar surface area (TPSA) is 38.5 Å². The fourth-order valence-corrected chi connectivity index (χ4v) is 2.37. The van der Waals surface area contributed by atoms with Gasteiger partial charge in [-0.3, -0.25) is 4.84 Å². The SMILES string of the molecule is CN1CCC(c2cccc(CON)c2)CC1. The van der Waals surface area contributed by atoms with Crippen molar-refractivity contribution in [2.75, 3.05) is 20.1 Å². The minimum atomic E-state index is 0.500. The van der Waals surface area contributed by atoms with Crippen molar-refractivity contribution in [2.45, 2.75) is 25.4 Å². The highest BCUT2D eigenvalue weighted by molar-refractivity contribution is 5.26. The van der Waals surface area contributed by atoms with E-state index < -0.39 is 0 Å². The molecule has 2 rings (SSSR count). The molecule has 0 aromatic heterocycles. The molecule has 1 heterocycles. The van der Waals surface area contributed by atoms with E-state index in [1.807, 2.05) is 0 Å². The van der Waals surface area contributed by atoms with Gasteiger partial charge >= 0.3 is 0 Å². The molecular formula is C13H20N2O. The molecule has 0 spiro atoms. The highest BCUT2D eigenvalue weighted by atomic mass is 16.6. The predicted octanol–water partition coefficient (Wildman–Crippen LogP) is 1.89. The highest BCUT2D eigenvalue weighted by Gasteiger charge is 2.18. The van der Waals surface area contributed by atoms with Crippen LogP contribution >= 0.6 is 0 Å². The molecule has 3 heteroatoms. The molecule has 0 bridgehead atoms. The predicted molar refractivity (Wildman–Crippen MR) is 64.9 cm³/mol. The van der Waals surface area contributed by atoms with Crippen LogP contribution in [0.4, 0.5) is 0 Å². The Morgan fingerprint density at radius 3 is 2.81 bits per heavy atom. The molecule has 0 saturated carbocycles. The Labute approximate surface area is 97.1 Å². The summed E-state index contributed by atoms with van der Waals surface area (Å²) in [6.45, 7) is 2.89. The molecule has 1 aromatic rings. The maximum Gasteiger partial charge on any atom is 0.0930 e. The Morgan fingerprint density at radius 2 is 2.12 bits per heavy atom. The first-order chi connectivity index (χ1) is 7.79. The van der Waals surface area contributed by atoms with Crippen LogP contribution in [0.25, 0.3) is 0 Å². The zero-order chi connectivity index (χ0) is 11.4. The lowest BCUT2D eigenvalue weighted by Crippen LogP contribution is -2.29. The number of hydrogen-bond acceptors (Lipinski definition) is 3. The molecule has 0 atom stereocenters. The number of piperidine rings is 1. The average molecular weight is 220 g/mol. The third-order valence-corrected chi connectivity index (χ3v) is 3.39. The van der Waals surface area contributed by atoms with Gasteiger partial charge in [0.2, 0.25) is 0 Å². The molecule has 0 radical (unpaired) electrons. The Bertz CT molecular complexity index is 332. The lowest BCUT2D eigenvalue weighted by molar-refractivity contribution is 0.124. The Morgan fingerprint density at radius 1 is 1.38 bits per heavy atom. The van der Waals surface area contributed by atoms with Crippen LogP contribution < -0.4 is 5.90 Å². The summed E-state index contributed by atoms with van der Waals surface area (Å²) < 4.78 is 0. The second-order valence-corrected chi connectivity index (χ2v) is 4.63. The Hall–Kier alpha value is -0.900. The third-order valence-electron chi connectivity index (χ3n) is 3.39. The van der Waals surface area contributed by atoms with Crippen LogP contribution in [0.5, 0.6) is 0 Å². The number of rotatable bonds is 3. The first-order valence-electron chi connectivity index (χ1n) is 5.88. The van der Waals surface area contributed by atoms with Gasteiger partial charge in [-0.25, -0.2) is 5.90 Å². The molecule has 0 aliphatic carbocycles. The van der Waals surface area contributed by atoms with Crippen LogP contribution in [0, 0.1) is 0 Å². The molecule has 0 amide bonds. The van der Waals surface area contributed by atoms with E-state index in [1.165, 1.54) is 37.1 Å². The molecule has 88 valence electrons. The van der Waals surface area contributed by atoms with Gasteiger partial charge in [0.15, 0.2) is 0 Å². The Balaban J connectivity index is 2.05. The monoisotopic (exact) mass is 220 g/mol. The minimum absolute atomic E-state index is 0.500. The summed E-state index contributed by atoms with van der Waals surface area (Å²) in [5.41, 5.74) is 2.60. The molecule has 16 heavy (non-hydrogen) atoms.